The van der Waals surface area contributed by atoms with Gasteiger partial charge in [0.15, 0.2) is 0 Å². The van der Waals surface area contributed by atoms with Gasteiger partial charge in [-0.05, 0) is 75.2 Å². The van der Waals surface area contributed by atoms with E-state index in [9.17, 15) is 19.1 Å². The smallest absolute Gasteiger partial charge is 0.303 e. The van der Waals surface area contributed by atoms with Crippen LogP contribution in [0.2, 0.25) is 0 Å². The molecule has 6 nitrogen and oxygen atoms in total. The zero-order valence-electron chi connectivity index (χ0n) is 20.6. The quantitative estimate of drug-likeness (QED) is 0.349. The van der Waals surface area contributed by atoms with Crippen molar-refractivity contribution in [2.75, 3.05) is 0 Å². The normalized spacial score (nSPS) is 25.3. The number of hydrogen-bond acceptors (Lipinski definition) is 4. The van der Waals surface area contributed by atoms with Gasteiger partial charge in [0.2, 0.25) is 5.91 Å². The molecule has 1 unspecified atom stereocenters. The first kappa shape index (κ1) is 25.9. The number of carbonyl (C=O) groups excluding carboxylic acids is 1. The molecule has 2 fully saturated rings. The molecule has 192 valence electrons. The third-order valence-electron chi connectivity index (χ3n) is 7.44. The van der Waals surface area contributed by atoms with Crippen molar-refractivity contribution in [1.29, 1.82) is 0 Å². The Morgan fingerprint density at radius 1 is 1.26 bits per heavy atom. The fraction of sp³-hybridized carbons (Fsp3) is 0.667. The summed E-state index contributed by atoms with van der Waals surface area (Å²) in [6.07, 6.45) is 9.73. The molecule has 35 heavy (non-hydrogen) atoms. The van der Waals surface area contributed by atoms with E-state index in [-0.39, 0.29) is 25.2 Å². The van der Waals surface area contributed by atoms with Crippen molar-refractivity contribution in [1.82, 2.24) is 10.5 Å². The number of halogens is 2. The highest BCUT2D eigenvalue weighted by Gasteiger charge is 2.41. The number of aromatic nitrogens is 1. The third-order valence-corrected chi connectivity index (χ3v) is 7.71. The number of rotatable bonds is 11. The van der Waals surface area contributed by atoms with E-state index < -0.39 is 23.8 Å². The topological polar surface area (TPSA) is 92.4 Å². The van der Waals surface area contributed by atoms with E-state index in [2.05, 4.69) is 24.3 Å². The van der Waals surface area contributed by atoms with Gasteiger partial charge in [-0.2, -0.15) is 0 Å². The highest BCUT2D eigenvalue weighted by molar-refractivity contribution is 6.31. The van der Waals surface area contributed by atoms with E-state index in [1.165, 1.54) is 12.5 Å². The second kappa shape index (κ2) is 11.3. The number of carboxylic acids is 1. The van der Waals surface area contributed by atoms with Crippen molar-refractivity contribution in [2.24, 2.45) is 11.8 Å². The number of carbonyl (C=O) groups is 2. The molecule has 4 rings (SSSR count). The number of aliphatic carboxylic acids is 1. The largest absolute Gasteiger partial charge is 0.481 e. The number of carboxylic acid groups (broad SMARTS) is 1. The molecule has 3 aliphatic carbocycles. The van der Waals surface area contributed by atoms with Crippen LogP contribution in [0.5, 0.6) is 0 Å². The summed E-state index contributed by atoms with van der Waals surface area (Å²) in [4.78, 5) is 24.3. The van der Waals surface area contributed by atoms with Gasteiger partial charge in [-0.1, -0.05) is 36.7 Å². The standard InChI is InChI=1S/C27H36ClFN2O4/c1-15(2)10-16-11-19(12-16)26-25(17-6-7-17)27(35-31-26)18(8-9-24(33)34)13-23(32)30-22-5-3-4-20(28)14-21(22)29/h4,14-19,22H,3,5-13H2,1-2H3,(H,30,32)(H,33,34)/t16?,18-,19?,22?/m0/s1. The van der Waals surface area contributed by atoms with Crippen LogP contribution in [0.3, 0.4) is 0 Å². The van der Waals surface area contributed by atoms with E-state index in [0.29, 0.717) is 47.3 Å². The lowest BCUT2D eigenvalue weighted by Gasteiger charge is -2.35. The zero-order valence-corrected chi connectivity index (χ0v) is 21.3. The van der Waals surface area contributed by atoms with Crippen LogP contribution in [0.1, 0.15) is 113 Å². The number of amides is 1. The van der Waals surface area contributed by atoms with E-state index >= 15 is 0 Å². The Hall–Kier alpha value is -2.15. The minimum absolute atomic E-state index is 0.0349. The SMILES string of the molecule is CC(C)CC1CC(c2noc([C@@H](CCC(=O)O)CC(=O)NC3CCC=C(Cl)C=C3F)c2C2CC2)C1. The number of allylic oxidation sites excluding steroid dienone is 3. The molecule has 1 heterocycles. The molecule has 0 spiro atoms. The second-order valence-corrected chi connectivity index (χ2v) is 11.4. The Balaban J connectivity index is 1.49. The van der Waals surface area contributed by atoms with Crippen LogP contribution in [0.15, 0.2) is 27.5 Å². The number of nitrogens with one attached hydrogen (secondary N) is 1. The van der Waals surface area contributed by atoms with Crippen LogP contribution in [-0.2, 0) is 9.59 Å². The summed E-state index contributed by atoms with van der Waals surface area (Å²) >= 11 is 5.94. The average Bonchev–Trinajstić information content (AvgIpc) is 3.52. The Morgan fingerprint density at radius 2 is 2.00 bits per heavy atom. The molecule has 0 saturated heterocycles. The third kappa shape index (κ3) is 6.75. The van der Waals surface area contributed by atoms with Gasteiger partial charge in [0, 0.05) is 35.3 Å². The number of nitrogens with zero attached hydrogens (tertiary/aromatic N) is 1. The highest BCUT2D eigenvalue weighted by atomic mass is 35.5. The molecule has 8 heteroatoms. The minimum Gasteiger partial charge on any atom is -0.481 e. The maximum atomic E-state index is 14.5. The molecule has 0 radical (unpaired) electrons. The van der Waals surface area contributed by atoms with Gasteiger partial charge in [-0.25, -0.2) is 4.39 Å². The van der Waals surface area contributed by atoms with Gasteiger partial charge >= 0.3 is 5.97 Å². The summed E-state index contributed by atoms with van der Waals surface area (Å²) in [7, 11) is 0. The maximum Gasteiger partial charge on any atom is 0.303 e. The van der Waals surface area contributed by atoms with Gasteiger partial charge in [-0.15, -0.1) is 0 Å². The predicted molar refractivity (Wildman–Crippen MR) is 132 cm³/mol. The van der Waals surface area contributed by atoms with Crippen molar-refractivity contribution >= 4 is 23.5 Å². The lowest BCUT2D eigenvalue weighted by Crippen LogP contribution is -2.36. The first-order chi connectivity index (χ1) is 16.7. The molecule has 2 atom stereocenters. The lowest BCUT2D eigenvalue weighted by atomic mass is 9.69. The van der Waals surface area contributed by atoms with Gasteiger partial charge < -0.3 is 14.9 Å². The Labute approximate surface area is 211 Å². The fourth-order valence-electron chi connectivity index (χ4n) is 5.57. The molecule has 0 bridgehead atoms. The molecule has 1 aromatic heterocycles. The molecular formula is C27H36ClFN2O4. The van der Waals surface area contributed by atoms with Gasteiger partial charge in [0.25, 0.3) is 0 Å². The molecule has 0 aliphatic heterocycles. The highest BCUT2D eigenvalue weighted by Crippen LogP contribution is 2.52. The Kier molecular flexibility index (Phi) is 8.35. The summed E-state index contributed by atoms with van der Waals surface area (Å²) in [6.45, 7) is 4.49. The molecule has 2 saturated carbocycles. The van der Waals surface area contributed by atoms with Crippen LogP contribution in [0.25, 0.3) is 0 Å². The summed E-state index contributed by atoms with van der Waals surface area (Å²) in [5.74, 6) is 0.679. The van der Waals surface area contributed by atoms with Crippen LogP contribution < -0.4 is 5.32 Å². The molecular weight excluding hydrogens is 471 g/mol. The first-order valence-corrected chi connectivity index (χ1v) is 13.3. The van der Waals surface area contributed by atoms with Crippen molar-refractivity contribution < 1.29 is 23.6 Å². The van der Waals surface area contributed by atoms with E-state index in [0.717, 1.165) is 36.9 Å². The first-order valence-electron chi connectivity index (χ1n) is 12.9. The van der Waals surface area contributed by atoms with Crippen LogP contribution >= 0.6 is 11.6 Å². The van der Waals surface area contributed by atoms with Crippen molar-refractivity contribution in [3.63, 3.8) is 0 Å². The van der Waals surface area contributed by atoms with E-state index in [1.807, 2.05) is 0 Å². The Bertz CT molecular complexity index is 991. The summed E-state index contributed by atoms with van der Waals surface area (Å²) in [5.41, 5.74) is 2.12. The van der Waals surface area contributed by atoms with Gasteiger partial charge in [-0.3, -0.25) is 9.59 Å². The van der Waals surface area contributed by atoms with Crippen LogP contribution in [0, 0.1) is 11.8 Å². The maximum absolute atomic E-state index is 14.5. The summed E-state index contributed by atoms with van der Waals surface area (Å²) in [5, 5.41) is 16.9. The molecule has 0 aromatic carbocycles. The fourth-order valence-corrected chi connectivity index (χ4v) is 5.78. The van der Waals surface area contributed by atoms with Crippen molar-refractivity contribution in [3.05, 3.63) is 40.0 Å². The van der Waals surface area contributed by atoms with Crippen molar-refractivity contribution in [2.45, 2.75) is 102 Å². The van der Waals surface area contributed by atoms with Crippen molar-refractivity contribution in [3.8, 4) is 0 Å². The molecule has 1 aromatic rings. The van der Waals surface area contributed by atoms with Gasteiger partial charge in [0.05, 0.1) is 11.7 Å². The summed E-state index contributed by atoms with van der Waals surface area (Å²) < 4.78 is 20.4. The lowest BCUT2D eigenvalue weighted by molar-refractivity contribution is -0.137. The monoisotopic (exact) mass is 506 g/mol. The summed E-state index contributed by atoms with van der Waals surface area (Å²) in [6, 6.07) is -0.740. The minimum atomic E-state index is -0.919. The number of hydrogen-bond donors (Lipinski definition) is 2. The van der Waals surface area contributed by atoms with Crippen LogP contribution in [0.4, 0.5) is 4.39 Å². The molecule has 2 N–H and O–H groups in total. The predicted octanol–water partition coefficient (Wildman–Crippen LogP) is 6.68. The second-order valence-electron chi connectivity index (χ2n) is 10.9. The molecule has 3 aliphatic rings. The van der Waals surface area contributed by atoms with Crippen LogP contribution in [-0.4, -0.2) is 28.2 Å². The van der Waals surface area contributed by atoms with E-state index in [4.69, 9.17) is 16.1 Å². The van der Waals surface area contributed by atoms with Gasteiger partial charge in [0.1, 0.15) is 11.6 Å². The molecule has 1 amide bonds. The zero-order chi connectivity index (χ0) is 25.1. The van der Waals surface area contributed by atoms with E-state index in [1.54, 1.807) is 6.08 Å². The Morgan fingerprint density at radius 3 is 2.66 bits per heavy atom. The average molecular weight is 507 g/mol.